The SMILES string of the molecule is CNC(=O)C1CN(Cc2ccc(N3CCc4ccc(C(F)(F)F)cc4C3)c(C)c2)C1. The summed E-state index contributed by atoms with van der Waals surface area (Å²) in [6.07, 6.45) is -3.58. The number of fused-ring (bicyclic) bond motifs is 1. The van der Waals surface area contributed by atoms with Crippen LogP contribution in [-0.2, 0) is 30.5 Å². The molecule has 1 N–H and O–H groups in total. The van der Waals surface area contributed by atoms with Gasteiger partial charge in [-0.3, -0.25) is 9.69 Å². The maximum atomic E-state index is 13.1. The fourth-order valence-corrected chi connectivity index (χ4v) is 4.44. The Kier molecular flexibility index (Phi) is 5.49. The molecular formula is C23H26F3N3O. The third-order valence-electron chi connectivity index (χ3n) is 6.13. The van der Waals surface area contributed by atoms with E-state index in [2.05, 4.69) is 33.3 Å². The monoisotopic (exact) mass is 417 g/mol. The molecule has 2 aliphatic rings. The van der Waals surface area contributed by atoms with Crippen molar-refractivity contribution in [3.8, 4) is 0 Å². The lowest BCUT2D eigenvalue weighted by Gasteiger charge is -2.38. The zero-order chi connectivity index (χ0) is 21.5. The Bertz CT molecular complexity index is 951. The highest BCUT2D eigenvalue weighted by Gasteiger charge is 2.33. The number of anilines is 1. The van der Waals surface area contributed by atoms with Gasteiger partial charge in [0, 0.05) is 45.5 Å². The van der Waals surface area contributed by atoms with Gasteiger partial charge in [-0.1, -0.05) is 18.2 Å². The molecule has 0 atom stereocenters. The van der Waals surface area contributed by atoms with Crippen LogP contribution in [0.1, 0.15) is 27.8 Å². The van der Waals surface area contributed by atoms with Gasteiger partial charge in [-0.15, -0.1) is 0 Å². The predicted molar refractivity (Wildman–Crippen MR) is 110 cm³/mol. The second-order valence-electron chi connectivity index (χ2n) is 8.28. The number of likely N-dealkylation sites (tertiary alicyclic amines) is 1. The first-order valence-corrected chi connectivity index (χ1v) is 10.2. The van der Waals surface area contributed by atoms with Crippen molar-refractivity contribution in [2.45, 2.75) is 32.6 Å². The van der Waals surface area contributed by atoms with Crippen LogP contribution in [0.4, 0.5) is 18.9 Å². The van der Waals surface area contributed by atoms with Crippen LogP contribution in [0.15, 0.2) is 36.4 Å². The quantitative estimate of drug-likeness (QED) is 0.823. The topological polar surface area (TPSA) is 35.6 Å². The molecule has 1 amide bonds. The summed E-state index contributed by atoms with van der Waals surface area (Å²) in [5.41, 5.74) is 4.53. The summed E-state index contributed by atoms with van der Waals surface area (Å²) in [5, 5.41) is 2.69. The summed E-state index contributed by atoms with van der Waals surface area (Å²) in [7, 11) is 1.66. The third-order valence-corrected chi connectivity index (χ3v) is 6.13. The highest BCUT2D eigenvalue weighted by atomic mass is 19.4. The largest absolute Gasteiger partial charge is 0.416 e. The van der Waals surface area contributed by atoms with Crippen LogP contribution in [0.2, 0.25) is 0 Å². The van der Waals surface area contributed by atoms with Crippen molar-refractivity contribution < 1.29 is 18.0 Å². The maximum absolute atomic E-state index is 13.1. The first-order valence-electron chi connectivity index (χ1n) is 10.2. The number of carbonyl (C=O) groups excluding carboxylic acids is 1. The van der Waals surface area contributed by atoms with Crippen molar-refractivity contribution >= 4 is 11.6 Å². The Morgan fingerprint density at radius 1 is 1.13 bits per heavy atom. The number of hydrogen-bond donors (Lipinski definition) is 1. The number of amides is 1. The smallest absolute Gasteiger partial charge is 0.367 e. The van der Waals surface area contributed by atoms with Crippen LogP contribution in [0.3, 0.4) is 0 Å². The summed E-state index contributed by atoms with van der Waals surface area (Å²) >= 11 is 0. The van der Waals surface area contributed by atoms with Gasteiger partial charge in [-0.05, 0) is 53.8 Å². The number of nitrogens with zero attached hydrogens (tertiary/aromatic N) is 2. The summed E-state index contributed by atoms with van der Waals surface area (Å²) < 4.78 is 39.2. The molecule has 30 heavy (non-hydrogen) atoms. The van der Waals surface area contributed by atoms with Crippen LogP contribution in [0, 0.1) is 12.8 Å². The second kappa shape index (κ2) is 7.95. The third kappa shape index (κ3) is 4.17. The molecule has 1 saturated heterocycles. The first kappa shape index (κ1) is 20.7. The molecule has 0 radical (unpaired) electrons. The normalized spacial score (nSPS) is 17.4. The predicted octanol–water partition coefficient (Wildman–Crippen LogP) is 3.75. The van der Waals surface area contributed by atoms with E-state index in [0.717, 1.165) is 55.0 Å². The fraction of sp³-hybridized carbons (Fsp3) is 0.435. The van der Waals surface area contributed by atoms with Crippen LogP contribution < -0.4 is 10.2 Å². The van der Waals surface area contributed by atoms with Crippen LogP contribution in [0.25, 0.3) is 0 Å². The second-order valence-corrected chi connectivity index (χ2v) is 8.28. The van der Waals surface area contributed by atoms with Gasteiger partial charge in [-0.2, -0.15) is 13.2 Å². The Morgan fingerprint density at radius 3 is 2.57 bits per heavy atom. The number of aryl methyl sites for hydroxylation is 1. The van der Waals surface area contributed by atoms with Gasteiger partial charge < -0.3 is 10.2 Å². The highest BCUT2D eigenvalue weighted by Crippen LogP contribution is 2.34. The van der Waals surface area contributed by atoms with Gasteiger partial charge in [0.05, 0.1) is 11.5 Å². The average Bonchev–Trinajstić information content (AvgIpc) is 2.68. The van der Waals surface area contributed by atoms with Crippen molar-refractivity contribution in [3.63, 3.8) is 0 Å². The number of halogens is 3. The Hall–Kier alpha value is -2.54. The van der Waals surface area contributed by atoms with Gasteiger partial charge in [-0.25, -0.2) is 0 Å². The van der Waals surface area contributed by atoms with Crippen LogP contribution in [0.5, 0.6) is 0 Å². The number of hydrogen-bond acceptors (Lipinski definition) is 3. The molecule has 0 spiro atoms. The van der Waals surface area contributed by atoms with E-state index in [1.807, 2.05) is 6.92 Å². The molecule has 2 aromatic carbocycles. The molecular weight excluding hydrogens is 391 g/mol. The summed E-state index contributed by atoms with van der Waals surface area (Å²) in [6.45, 7) is 5.66. The fourth-order valence-electron chi connectivity index (χ4n) is 4.44. The van der Waals surface area contributed by atoms with Gasteiger partial charge in [0.1, 0.15) is 0 Å². The van der Waals surface area contributed by atoms with Crippen molar-refractivity contribution in [3.05, 3.63) is 64.2 Å². The molecule has 0 unspecified atom stereocenters. The Labute approximate surface area is 174 Å². The molecule has 0 aliphatic carbocycles. The zero-order valence-corrected chi connectivity index (χ0v) is 17.2. The molecule has 7 heteroatoms. The van der Waals surface area contributed by atoms with E-state index in [0.29, 0.717) is 6.54 Å². The summed E-state index contributed by atoms with van der Waals surface area (Å²) in [6, 6.07) is 10.4. The minimum Gasteiger partial charge on any atom is -0.367 e. The Morgan fingerprint density at radius 2 is 1.90 bits per heavy atom. The molecule has 2 aromatic rings. The highest BCUT2D eigenvalue weighted by molar-refractivity contribution is 5.79. The number of alkyl halides is 3. The summed E-state index contributed by atoms with van der Waals surface area (Å²) in [4.78, 5) is 16.0. The molecule has 4 nitrogen and oxygen atoms in total. The Balaban J connectivity index is 1.44. The van der Waals surface area contributed by atoms with E-state index in [-0.39, 0.29) is 11.8 Å². The standard InChI is InChI=1S/C23H26F3N3O/c1-15-9-16(11-28-12-19(13-28)22(30)27-2)3-6-21(15)29-8-7-17-4-5-20(23(24,25)26)10-18(17)14-29/h3-6,9-10,19H,7-8,11-14H2,1-2H3,(H,27,30). The van der Waals surface area contributed by atoms with E-state index in [1.54, 1.807) is 13.1 Å². The van der Waals surface area contributed by atoms with Gasteiger partial charge in [0.2, 0.25) is 5.91 Å². The lowest BCUT2D eigenvalue weighted by atomic mass is 9.95. The van der Waals surface area contributed by atoms with Gasteiger partial charge >= 0.3 is 6.18 Å². The minimum absolute atomic E-state index is 0.0744. The number of carbonyl (C=O) groups is 1. The lowest BCUT2D eigenvalue weighted by molar-refractivity contribution is -0.137. The van der Waals surface area contributed by atoms with E-state index in [4.69, 9.17) is 0 Å². The van der Waals surface area contributed by atoms with E-state index < -0.39 is 11.7 Å². The van der Waals surface area contributed by atoms with Crippen LogP contribution >= 0.6 is 0 Å². The molecule has 1 fully saturated rings. The van der Waals surface area contributed by atoms with Crippen molar-refractivity contribution in [1.82, 2.24) is 10.2 Å². The molecule has 2 heterocycles. The molecule has 0 aromatic heterocycles. The number of benzene rings is 2. The molecule has 160 valence electrons. The zero-order valence-electron chi connectivity index (χ0n) is 17.2. The van der Waals surface area contributed by atoms with Crippen molar-refractivity contribution in [1.29, 1.82) is 0 Å². The average molecular weight is 417 g/mol. The molecule has 0 saturated carbocycles. The minimum atomic E-state index is -4.32. The number of rotatable bonds is 4. The first-order chi connectivity index (χ1) is 14.2. The van der Waals surface area contributed by atoms with Crippen LogP contribution in [-0.4, -0.2) is 37.5 Å². The maximum Gasteiger partial charge on any atom is 0.416 e. The lowest BCUT2D eigenvalue weighted by Crippen LogP contribution is -2.52. The molecule has 4 rings (SSSR count). The molecule has 0 bridgehead atoms. The van der Waals surface area contributed by atoms with Crippen molar-refractivity contribution in [2.75, 3.05) is 31.6 Å². The molecule has 2 aliphatic heterocycles. The summed E-state index contributed by atoms with van der Waals surface area (Å²) in [5.74, 6) is 0.169. The van der Waals surface area contributed by atoms with Gasteiger partial charge in [0.25, 0.3) is 0 Å². The van der Waals surface area contributed by atoms with E-state index >= 15 is 0 Å². The van der Waals surface area contributed by atoms with E-state index in [1.165, 1.54) is 17.7 Å². The number of nitrogens with one attached hydrogen (secondary N) is 1. The van der Waals surface area contributed by atoms with E-state index in [9.17, 15) is 18.0 Å². The van der Waals surface area contributed by atoms with Crippen molar-refractivity contribution in [2.24, 2.45) is 5.92 Å². The van der Waals surface area contributed by atoms with Gasteiger partial charge in [0.15, 0.2) is 0 Å².